The van der Waals surface area contributed by atoms with Crippen molar-refractivity contribution in [1.82, 2.24) is 26.2 Å². The molecule has 2 aromatic rings. The molecule has 11 N–H and O–H groups in total. The zero-order valence-electron chi connectivity index (χ0n) is 29.2. The Hall–Kier alpha value is -5.30. The predicted molar refractivity (Wildman–Crippen MR) is 203 cm³/mol. The van der Waals surface area contributed by atoms with Crippen LogP contribution in [0.2, 0.25) is 0 Å². The first-order chi connectivity index (χ1) is 25.8. The van der Waals surface area contributed by atoms with Crippen LogP contribution >= 0.6 is 21.6 Å². The first kappa shape index (κ1) is 39.9. The second kappa shape index (κ2) is 18.2. The van der Waals surface area contributed by atoms with Gasteiger partial charge in [0.15, 0.2) is 5.96 Å². The lowest BCUT2D eigenvalue weighted by Crippen LogP contribution is -2.60. The van der Waals surface area contributed by atoms with Crippen LogP contribution in [0.15, 0.2) is 47.5 Å². The Morgan fingerprint density at radius 2 is 1.70 bits per heavy atom. The van der Waals surface area contributed by atoms with E-state index in [1.807, 2.05) is 30.3 Å². The number of nitrogens with zero attached hydrogens (tertiary/aromatic N) is 2. The van der Waals surface area contributed by atoms with Crippen LogP contribution in [0.4, 0.5) is 0 Å². The fraction of sp³-hybridized carbons (Fsp3) is 0.429. The Kier molecular flexibility index (Phi) is 13.4. The summed E-state index contributed by atoms with van der Waals surface area (Å²) in [4.78, 5) is 97.7. The number of aliphatic imine (C=N–C) groups is 1. The van der Waals surface area contributed by atoms with E-state index in [4.69, 9.17) is 17.2 Å². The number of amides is 6. The molecule has 5 atom stereocenters. The molecule has 0 bridgehead atoms. The summed E-state index contributed by atoms with van der Waals surface area (Å²) < 4.78 is 0. The first-order valence-corrected chi connectivity index (χ1v) is 19.9. The molecule has 3 aliphatic rings. The summed E-state index contributed by atoms with van der Waals surface area (Å²) in [6.45, 7) is 0.273. The van der Waals surface area contributed by atoms with Crippen molar-refractivity contribution in [3.8, 4) is 11.1 Å². The molecule has 2 saturated heterocycles. The van der Waals surface area contributed by atoms with Gasteiger partial charge < -0.3 is 48.5 Å². The molecule has 6 amide bonds. The summed E-state index contributed by atoms with van der Waals surface area (Å²) >= 11 is 0. The average Bonchev–Trinajstić information content (AvgIpc) is 3.77. The van der Waals surface area contributed by atoms with Crippen LogP contribution in [0.1, 0.15) is 53.6 Å². The maximum Gasteiger partial charge on any atom is 0.305 e. The number of fused-ring (bicyclic) bond motifs is 4. The van der Waals surface area contributed by atoms with Crippen molar-refractivity contribution < 1.29 is 38.7 Å². The lowest BCUT2D eigenvalue weighted by molar-refractivity contribution is -0.146. The lowest BCUT2D eigenvalue weighted by Gasteiger charge is -2.30. The normalized spacial score (nSPS) is 21.9. The molecule has 2 fully saturated rings. The zero-order valence-corrected chi connectivity index (χ0v) is 30.9. The van der Waals surface area contributed by atoms with Crippen molar-refractivity contribution in [1.29, 1.82) is 0 Å². The molecule has 0 saturated carbocycles. The number of aliphatic carboxylic acids is 1. The summed E-state index contributed by atoms with van der Waals surface area (Å²) in [5.74, 6) is -5.93. The van der Waals surface area contributed by atoms with Gasteiger partial charge in [0.2, 0.25) is 29.5 Å². The summed E-state index contributed by atoms with van der Waals surface area (Å²) in [7, 11) is 2.20. The van der Waals surface area contributed by atoms with Crippen LogP contribution in [-0.2, 0) is 35.2 Å². The van der Waals surface area contributed by atoms with Gasteiger partial charge in [-0.3, -0.25) is 38.6 Å². The van der Waals surface area contributed by atoms with Gasteiger partial charge >= 0.3 is 5.97 Å². The molecule has 19 heteroatoms. The largest absolute Gasteiger partial charge is 0.481 e. The van der Waals surface area contributed by atoms with Crippen molar-refractivity contribution in [2.45, 2.75) is 68.7 Å². The number of nitrogens with one attached hydrogen (secondary N) is 4. The maximum absolute atomic E-state index is 14.0. The molecule has 17 nitrogen and oxygen atoms in total. The van der Waals surface area contributed by atoms with E-state index in [9.17, 15) is 38.7 Å². The van der Waals surface area contributed by atoms with E-state index in [-0.39, 0.29) is 49.8 Å². The Morgan fingerprint density at radius 3 is 2.44 bits per heavy atom. The minimum Gasteiger partial charge on any atom is -0.481 e. The average molecular weight is 782 g/mol. The zero-order chi connectivity index (χ0) is 38.9. The van der Waals surface area contributed by atoms with E-state index in [1.165, 1.54) is 4.90 Å². The van der Waals surface area contributed by atoms with Crippen molar-refractivity contribution in [2.24, 2.45) is 22.2 Å². The second-order valence-electron chi connectivity index (χ2n) is 13.1. The Labute approximate surface area is 318 Å². The molecule has 1 aliphatic carbocycles. The maximum atomic E-state index is 14.0. The smallest absolute Gasteiger partial charge is 0.305 e. The van der Waals surface area contributed by atoms with Crippen LogP contribution in [0, 0.1) is 0 Å². The van der Waals surface area contributed by atoms with Crippen LogP contribution in [0.5, 0.6) is 0 Å². The number of carbonyl (C=O) groups is 7. The number of hydrogen-bond acceptors (Lipinski definition) is 10. The molecule has 0 unspecified atom stereocenters. The van der Waals surface area contributed by atoms with Crippen molar-refractivity contribution >= 4 is 69.0 Å². The summed E-state index contributed by atoms with van der Waals surface area (Å²) in [6.07, 6.45) is 0.779. The third-order valence-electron chi connectivity index (χ3n) is 9.34. The number of benzene rings is 2. The Morgan fingerprint density at radius 1 is 0.963 bits per heavy atom. The fourth-order valence-electron chi connectivity index (χ4n) is 6.68. The van der Waals surface area contributed by atoms with Gasteiger partial charge in [0.25, 0.3) is 5.91 Å². The van der Waals surface area contributed by atoms with E-state index in [0.29, 0.717) is 18.4 Å². The van der Waals surface area contributed by atoms with Gasteiger partial charge in [0.05, 0.1) is 6.42 Å². The molecule has 2 aliphatic heterocycles. The van der Waals surface area contributed by atoms with E-state index in [0.717, 1.165) is 43.8 Å². The molecule has 2 heterocycles. The highest BCUT2D eigenvalue weighted by Crippen LogP contribution is 2.38. The van der Waals surface area contributed by atoms with Crippen molar-refractivity contribution in [2.75, 3.05) is 24.6 Å². The van der Waals surface area contributed by atoms with Crippen LogP contribution < -0.4 is 38.5 Å². The van der Waals surface area contributed by atoms with Gasteiger partial charge in [-0.1, -0.05) is 58.0 Å². The predicted octanol–water partition coefficient (Wildman–Crippen LogP) is -0.790. The molecule has 5 rings (SSSR count). The van der Waals surface area contributed by atoms with Crippen molar-refractivity contribution in [3.05, 3.63) is 59.2 Å². The number of primary amides is 1. The van der Waals surface area contributed by atoms with Gasteiger partial charge in [-0.05, 0) is 60.4 Å². The number of hydrogen-bond donors (Lipinski definition) is 8. The number of carboxylic acid groups (broad SMARTS) is 1. The summed E-state index contributed by atoms with van der Waals surface area (Å²) in [6, 6.07) is 7.03. The van der Waals surface area contributed by atoms with Gasteiger partial charge in [0.1, 0.15) is 30.2 Å². The third kappa shape index (κ3) is 9.81. The SMILES string of the molecule is NC(=O)[C@@H]1CSSC[C@H](NC(=O)[C@H](CCCN=C(N)N)NC(=O)c2cccc3c2Cc2ccccc2-3)C(=O)N[C@@H](CC(=O)O)C(=O)N2CCC[C@H]2C(=O)N1. The molecule has 54 heavy (non-hydrogen) atoms. The van der Waals surface area contributed by atoms with E-state index >= 15 is 0 Å². The lowest BCUT2D eigenvalue weighted by atomic mass is 10.00. The van der Waals surface area contributed by atoms with Gasteiger partial charge in [-0.25, -0.2) is 0 Å². The van der Waals surface area contributed by atoms with E-state index in [1.54, 1.807) is 12.1 Å². The minimum absolute atomic E-state index is 0.0189. The molecule has 0 radical (unpaired) electrons. The number of nitrogens with two attached hydrogens (primary N) is 3. The topological polar surface area (TPSA) is 281 Å². The molecular formula is C35H43N9O8S2. The van der Waals surface area contributed by atoms with Crippen LogP contribution in [0.3, 0.4) is 0 Å². The monoisotopic (exact) mass is 781 g/mol. The molecular weight excluding hydrogens is 739 g/mol. The molecule has 288 valence electrons. The third-order valence-corrected chi connectivity index (χ3v) is 11.8. The molecule has 2 aromatic carbocycles. The fourth-order valence-corrected chi connectivity index (χ4v) is 9.02. The Balaban J connectivity index is 1.39. The highest BCUT2D eigenvalue weighted by atomic mass is 33.1. The quantitative estimate of drug-likeness (QED) is 0.0515. The molecule has 0 aromatic heterocycles. The highest BCUT2D eigenvalue weighted by Gasteiger charge is 2.40. The van der Waals surface area contributed by atoms with Crippen LogP contribution in [0.25, 0.3) is 11.1 Å². The number of guanidine groups is 1. The minimum atomic E-state index is -1.57. The van der Waals surface area contributed by atoms with Gasteiger partial charge in [-0.15, -0.1) is 0 Å². The van der Waals surface area contributed by atoms with Crippen LogP contribution in [-0.4, -0.2) is 112 Å². The summed E-state index contributed by atoms with van der Waals surface area (Å²) in [5.41, 5.74) is 20.7. The first-order valence-electron chi connectivity index (χ1n) is 17.4. The van der Waals surface area contributed by atoms with Gasteiger partial charge in [-0.2, -0.15) is 0 Å². The van der Waals surface area contributed by atoms with E-state index in [2.05, 4.69) is 26.3 Å². The highest BCUT2D eigenvalue weighted by molar-refractivity contribution is 8.76. The second-order valence-corrected chi connectivity index (χ2v) is 15.6. The summed E-state index contributed by atoms with van der Waals surface area (Å²) in [5, 5.41) is 20.2. The van der Waals surface area contributed by atoms with Gasteiger partial charge in [0, 0.05) is 30.2 Å². The molecule has 0 spiro atoms. The number of rotatable bonds is 11. The number of carboxylic acids is 1. The van der Waals surface area contributed by atoms with E-state index < -0.39 is 78.0 Å². The van der Waals surface area contributed by atoms with Crippen molar-refractivity contribution in [3.63, 3.8) is 0 Å². The number of carbonyl (C=O) groups excluding carboxylic acids is 6. The standard InChI is InChI=1S/C35H43N9O8S2/c36-29(47)25-16-53-54-17-26(32(50)41-24(15-28(45)46)34(52)44-13-5-11-27(44)33(51)42-25)43-31(49)23(10-4-12-39-35(37)38)40-30(48)21-9-3-8-20-19-7-2-1-6-18(19)14-22(20)21/h1-3,6-9,23-27H,4-5,10-17H2,(H2,36,47)(H,40,48)(H,41,50)(H,42,51)(H,43,49)(H,45,46)(H4,37,38,39)/t23-,24-,25-,26-,27-/m0/s1. The Bertz CT molecular complexity index is 1840.